The third-order valence-corrected chi connectivity index (χ3v) is 2.72. The first kappa shape index (κ1) is 15.7. The Labute approximate surface area is 116 Å². The van der Waals surface area contributed by atoms with Gasteiger partial charge in [-0.05, 0) is 13.3 Å². The molecule has 0 aliphatic heterocycles. The van der Waals surface area contributed by atoms with Crippen LogP contribution in [0.15, 0.2) is 18.2 Å². The van der Waals surface area contributed by atoms with Gasteiger partial charge in [0.2, 0.25) is 0 Å². The zero-order chi connectivity index (χ0) is 15.1. The molecule has 0 saturated heterocycles. The van der Waals surface area contributed by atoms with Gasteiger partial charge in [-0.2, -0.15) is 0 Å². The van der Waals surface area contributed by atoms with Crippen LogP contribution in [0.5, 0.6) is 5.75 Å². The van der Waals surface area contributed by atoms with Gasteiger partial charge in [0.25, 0.3) is 5.69 Å². The van der Waals surface area contributed by atoms with E-state index in [4.69, 9.17) is 9.84 Å². The van der Waals surface area contributed by atoms with E-state index in [-0.39, 0.29) is 12.1 Å². The van der Waals surface area contributed by atoms with Crippen LogP contribution in [-0.4, -0.2) is 36.2 Å². The van der Waals surface area contributed by atoms with Gasteiger partial charge in [0.15, 0.2) is 0 Å². The van der Waals surface area contributed by atoms with Gasteiger partial charge in [-0.3, -0.25) is 14.9 Å². The molecule has 0 amide bonds. The second-order valence-electron chi connectivity index (χ2n) is 4.29. The Kier molecular flexibility index (Phi) is 5.76. The number of benzene rings is 1. The maximum atomic E-state index is 10.9. The average molecular weight is 282 g/mol. The van der Waals surface area contributed by atoms with Crippen molar-refractivity contribution in [3.05, 3.63) is 28.3 Å². The molecule has 0 saturated carbocycles. The second kappa shape index (κ2) is 7.32. The molecule has 0 heterocycles. The van der Waals surface area contributed by atoms with Gasteiger partial charge in [0.05, 0.1) is 17.6 Å². The molecule has 0 spiro atoms. The number of rotatable bonds is 8. The van der Waals surface area contributed by atoms with E-state index >= 15 is 0 Å². The maximum Gasteiger partial charge on any atom is 0.303 e. The van der Waals surface area contributed by atoms with E-state index in [1.54, 1.807) is 24.9 Å². The van der Waals surface area contributed by atoms with Crippen LogP contribution >= 0.6 is 0 Å². The van der Waals surface area contributed by atoms with Crippen molar-refractivity contribution < 1.29 is 19.6 Å². The molecule has 0 radical (unpaired) electrons. The van der Waals surface area contributed by atoms with Gasteiger partial charge < -0.3 is 14.7 Å². The Bertz CT molecular complexity index is 490. The van der Waals surface area contributed by atoms with Crippen LogP contribution in [0.3, 0.4) is 0 Å². The average Bonchev–Trinajstić information content (AvgIpc) is 2.38. The summed E-state index contributed by atoms with van der Waals surface area (Å²) in [6.45, 7) is 2.72. The van der Waals surface area contributed by atoms with Gasteiger partial charge in [-0.25, -0.2) is 0 Å². The third kappa shape index (κ3) is 4.75. The number of hydrogen-bond donors (Lipinski definition) is 1. The van der Waals surface area contributed by atoms with Crippen molar-refractivity contribution in [2.45, 2.75) is 19.8 Å². The van der Waals surface area contributed by atoms with Crippen LogP contribution in [0.1, 0.15) is 19.8 Å². The summed E-state index contributed by atoms with van der Waals surface area (Å²) in [7, 11) is 1.76. The molecule has 0 aliphatic rings. The highest BCUT2D eigenvalue weighted by Gasteiger charge is 2.13. The lowest BCUT2D eigenvalue weighted by Gasteiger charge is -2.19. The molecule has 7 nitrogen and oxygen atoms in total. The first-order valence-corrected chi connectivity index (χ1v) is 6.29. The summed E-state index contributed by atoms with van der Waals surface area (Å²) in [6.07, 6.45) is 0.538. The number of aliphatic carboxylic acids is 1. The summed E-state index contributed by atoms with van der Waals surface area (Å²) in [4.78, 5) is 22.7. The standard InChI is InChI=1S/C13H18N2O5/c1-3-20-12-8-10(7-11(9-12)15(18)19)14(2)6-4-5-13(16)17/h7-9H,3-6H2,1-2H3,(H,16,17). The quantitative estimate of drug-likeness (QED) is 0.581. The van der Waals surface area contributed by atoms with Crippen LogP contribution in [0.25, 0.3) is 0 Å². The largest absolute Gasteiger partial charge is 0.494 e. The molecule has 110 valence electrons. The molecule has 1 N–H and O–H groups in total. The molecule has 20 heavy (non-hydrogen) atoms. The predicted octanol–water partition coefficient (Wildman–Crippen LogP) is 2.29. The van der Waals surface area contributed by atoms with Gasteiger partial charge in [0, 0.05) is 37.8 Å². The lowest BCUT2D eigenvalue weighted by molar-refractivity contribution is -0.384. The van der Waals surface area contributed by atoms with Crippen LogP contribution in [0.2, 0.25) is 0 Å². The SMILES string of the molecule is CCOc1cc(N(C)CCCC(=O)O)cc([N+](=O)[O-])c1. The third-order valence-electron chi connectivity index (χ3n) is 2.72. The van der Waals surface area contributed by atoms with E-state index in [1.165, 1.54) is 12.1 Å². The maximum absolute atomic E-state index is 10.9. The smallest absolute Gasteiger partial charge is 0.303 e. The Morgan fingerprint density at radius 3 is 2.70 bits per heavy atom. The Morgan fingerprint density at radius 2 is 2.15 bits per heavy atom. The highest BCUT2D eigenvalue weighted by molar-refractivity contribution is 5.66. The molecule has 0 unspecified atom stereocenters. The van der Waals surface area contributed by atoms with Crippen molar-refractivity contribution in [1.29, 1.82) is 0 Å². The number of nitro benzene ring substituents is 1. The summed E-state index contributed by atoms with van der Waals surface area (Å²) >= 11 is 0. The number of ether oxygens (including phenoxy) is 1. The molecule has 1 aromatic rings. The number of carboxylic acids is 1. The number of carbonyl (C=O) groups is 1. The van der Waals surface area contributed by atoms with Gasteiger partial charge >= 0.3 is 5.97 Å². The van der Waals surface area contributed by atoms with Crippen LogP contribution in [0, 0.1) is 10.1 Å². The minimum atomic E-state index is -0.854. The summed E-state index contributed by atoms with van der Waals surface area (Å²) in [6, 6.07) is 4.53. The lowest BCUT2D eigenvalue weighted by atomic mass is 10.2. The minimum Gasteiger partial charge on any atom is -0.494 e. The first-order valence-electron chi connectivity index (χ1n) is 6.29. The highest BCUT2D eigenvalue weighted by Crippen LogP contribution is 2.28. The monoisotopic (exact) mass is 282 g/mol. The fourth-order valence-corrected chi connectivity index (χ4v) is 1.74. The fourth-order valence-electron chi connectivity index (χ4n) is 1.74. The molecule has 0 bridgehead atoms. The van der Waals surface area contributed by atoms with Crippen molar-refractivity contribution in [2.75, 3.05) is 25.1 Å². The van der Waals surface area contributed by atoms with E-state index in [2.05, 4.69) is 0 Å². The second-order valence-corrected chi connectivity index (χ2v) is 4.29. The minimum absolute atomic E-state index is 0.0453. The van der Waals surface area contributed by atoms with Gasteiger partial charge in [0.1, 0.15) is 5.75 Å². The van der Waals surface area contributed by atoms with E-state index in [0.717, 1.165) is 0 Å². The zero-order valence-electron chi connectivity index (χ0n) is 11.5. The molecule has 0 aromatic heterocycles. The number of non-ortho nitro benzene ring substituents is 1. The van der Waals surface area contributed by atoms with Crippen molar-refractivity contribution in [2.24, 2.45) is 0 Å². The van der Waals surface area contributed by atoms with E-state index < -0.39 is 10.9 Å². The number of hydrogen-bond acceptors (Lipinski definition) is 5. The normalized spacial score (nSPS) is 10.1. The zero-order valence-corrected chi connectivity index (χ0v) is 11.5. The first-order chi connectivity index (χ1) is 9.43. The van der Waals surface area contributed by atoms with Crippen LogP contribution < -0.4 is 9.64 Å². The Balaban J connectivity index is 2.86. The Hall–Kier alpha value is -2.31. The lowest BCUT2D eigenvalue weighted by Crippen LogP contribution is -2.19. The van der Waals surface area contributed by atoms with E-state index in [0.29, 0.717) is 31.0 Å². The van der Waals surface area contributed by atoms with Crippen molar-refractivity contribution in [1.82, 2.24) is 0 Å². The molecular weight excluding hydrogens is 264 g/mol. The summed E-state index contributed by atoms with van der Waals surface area (Å²) in [5.74, 6) is -0.422. The molecule has 1 rings (SSSR count). The van der Waals surface area contributed by atoms with Crippen LogP contribution in [0.4, 0.5) is 11.4 Å². The van der Waals surface area contributed by atoms with E-state index in [1.807, 2.05) is 0 Å². The molecular formula is C13H18N2O5. The van der Waals surface area contributed by atoms with Crippen molar-refractivity contribution in [3.63, 3.8) is 0 Å². The topological polar surface area (TPSA) is 92.9 Å². The summed E-state index contributed by atoms with van der Waals surface area (Å²) in [5.41, 5.74) is 0.587. The van der Waals surface area contributed by atoms with E-state index in [9.17, 15) is 14.9 Å². The number of anilines is 1. The molecule has 7 heteroatoms. The van der Waals surface area contributed by atoms with Crippen molar-refractivity contribution in [3.8, 4) is 5.75 Å². The molecule has 0 fully saturated rings. The predicted molar refractivity (Wildman–Crippen MR) is 74.4 cm³/mol. The summed E-state index contributed by atoms with van der Waals surface area (Å²) < 4.78 is 5.30. The van der Waals surface area contributed by atoms with Gasteiger partial charge in [-0.1, -0.05) is 0 Å². The van der Waals surface area contributed by atoms with Crippen molar-refractivity contribution >= 4 is 17.3 Å². The number of nitro groups is 1. The fraction of sp³-hybridized carbons (Fsp3) is 0.462. The molecule has 0 atom stereocenters. The van der Waals surface area contributed by atoms with Gasteiger partial charge in [-0.15, -0.1) is 0 Å². The number of carboxylic acid groups (broad SMARTS) is 1. The number of nitrogens with zero attached hydrogens (tertiary/aromatic N) is 2. The molecule has 0 aliphatic carbocycles. The highest BCUT2D eigenvalue weighted by atomic mass is 16.6. The summed E-state index contributed by atoms with van der Waals surface area (Å²) in [5, 5.41) is 19.5. The van der Waals surface area contributed by atoms with Crippen LogP contribution in [-0.2, 0) is 4.79 Å². The molecule has 1 aromatic carbocycles. The Morgan fingerprint density at radius 1 is 1.45 bits per heavy atom.